The van der Waals surface area contributed by atoms with E-state index in [9.17, 15) is 4.79 Å². The molecule has 0 aliphatic carbocycles. The van der Waals surface area contributed by atoms with Gasteiger partial charge in [-0.05, 0) is 19.1 Å². The maximum Gasteiger partial charge on any atom is 0.223 e. The minimum Gasteiger partial charge on any atom is -0.375 e. The van der Waals surface area contributed by atoms with Gasteiger partial charge in [0, 0.05) is 19.3 Å². The van der Waals surface area contributed by atoms with Crippen molar-refractivity contribution in [3.05, 3.63) is 30.1 Å². The third-order valence-electron chi connectivity index (χ3n) is 2.93. The molecular weight excluding hydrogens is 230 g/mol. The zero-order chi connectivity index (χ0) is 12.8. The molecule has 1 aromatic heterocycles. The van der Waals surface area contributed by atoms with Crippen LogP contribution in [0.15, 0.2) is 24.4 Å². The van der Waals surface area contributed by atoms with E-state index in [4.69, 9.17) is 4.74 Å². The Hall–Kier alpha value is -1.46. The zero-order valence-corrected chi connectivity index (χ0v) is 10.6. The lowest BCUT2D eigenvalue weighted by molar-refractivity contribution is -0.125. The van der Waals surface area contributed by atoms with Crippen LogP contribution in [0.5, 0.6) is 0 Å². The third-order valence-corrected chi connectivity index (χ3v) is 2.93. The van der Waals surface area contributed by atoms with Gasteiger partial charge in [0.2, 0.25) is 5.91 Å². The summed E-state index contributed by atoms with van der Waals surface area (Å²) in [5.41, 5.74) is 0.869. The van der Waals surface area contributed by atoms with E-state index in [0.717, 1.165) is 18.8 Å². The number of nitrogens with zero attached hydrogens (tertiary/aromatic N) is 1. The molecular formula is C13H19N3O2. The number of hydrogen-bond acceptors (Lipinski definition) is 4. The van der Waals surface area contributed by atoms with Gasteiger partial charge in [-0.3, -0.25) is 9.78 Å². The van der Waals surface area contributed by atoms with E-state index in [1.807, 2.05) is 25.1 Å². The van der Waals surface area contributed by atoms with E-state index in [-0.39, 0.29) is 18.1 Å². The molecule has 0 radical (unpaired) electrons. The van der Waals surface area contributed by atoms with Crippen molar-refractivity contribution in [2.45, 2.75) is 25.5 Å². The van der Waals surface area contributed by atoms with Crippen LogP contribution in [0.1, 0.15) is 25.1 Å². The molecule has 0 spiro atoms. The van der Waals surface area contributed by atoms with Gasteiger partial charge >= 0.3 is 0 Å². The summed E-state index contributed by atoms with van der Waals surface area (Å²) in [6.07, 6.45) is 2.10. The number of morpholine rings is 1. The summed E-state index contributed by atoms with van der Waals surface area (Å²) >= 11 is 0. The second kappa shape index (κ2) is 6.47. The van der Waals surface area contributed by atoms with Crippen molar-refractivity contribution in [1.82, 2.24) is 15.6 Å². The molecule has 1 fully saturated rings. The van der Waals surface area contributed by atoms with Crippen molar-refractivity contribution >= 4 is 5.91 Å². The number of ether oxygens (including phenoxy) is 1. The smallest absolute Gasteiger partial charge is 0.223 e. The SMILES string of the molecule is C[C@@H](NC(=O)CC1CNCCO1)c1ccccn1. The Labute approximate surface area is 107 Å². The average molecular weight is 249 g/mol. The highest BCUT2D eigenvalue weighted by molar-refractivity contribution is 5.76. The Kier molecular flexibility index (Phi) is 4.66. The largest absolute Gasteiger partial charge is 0.375 e. The van der Waals surface area contributed by atoms with Gasteiger partial charge in [0.25, 0.3) is 0 Å². The predicted octanol–water partition coefficient (Wildman–Crippen LogP) is 0.637. The van der Waals surface area contributed by atoms with Gasteiger partial charge in [-0.1, -0.05) is 6.07 Å². The van der Waals surface area contributed by atoms with E-state index in [1.54, 1.807) is 6.20 Å². The van der Waals surface area contributed by atoms with Gasteiger partial charge in [0.1, 0.15) is 0 Å². The van der Waals surface area contributed by atoms with Gasteiger partial charge in [0.05, 0.1) is 30.9 Å². The lowest BCUT2D eigenvalue weighted by Crippen LogP contribution is -2.41. The number of nitrogens with one attached hydrogen (secondary N) is 2. The molecule has 0 aromatic carbocycles. The monoisotopic (exact) mass is 249 g/mol. The molecule has 0 bridgehead atoms. The molecule has 1 saturated heterocycles. The lowest BCUT2D eigenvalue weighted by Gasteiger charge is -2.23. The first kappa shape index (κ1) is 13.0. The number of pyridine rings is 1. The highest BCUT2D eigenvalue weighted by atomic mass is 16.5. The quantitative estimate of drug-likeness (QED) is 0.822. The molecule has 2 N–H and O–H groups in total. The lowest BCUT2D eigenvalue weighted by atomic mass is 10.1. The Bertz CT molecular complexity index is 377. The number of amides is 1. The first-order valence-corrected chi connectivity index (χ1v) is 6.28. The van der Waals surface area contributed by atoms with E-state index in [0.29, 0.717) is 13.0 Å². The fraction of sp³-hybridized carbons (Fsp3) is 0.538. The third kappa shape index (κ3) is 3.78. The van der Waals surface area contributed by atoms with Gasteiger partial charge in [-0.15, -0.1) is 0 Å². The van der Waals surface area contributed by atoms with Crippen LogP contribution in [0.3, 0.4) is 0 Å². The molecule has 2 heterocycles. The van der Waals surface area contributed by atoms with Gasteiger partial charge in [0.15, 0.2) is 0 Å². The van der Waals surface area contributed by atoms with Gasteiger partial charge in [-0.25, -0.2) is 0 Å². The van der Waals surface area contributed by atoms with Gasteiger partial charge in [-0.2, -0.15) is 0 Å². The summed E-state index contributed by atoms with van der Waals surface area (Å²) in [4.78, 5) is 16.1. The van der Waals surface area contributed by atoms with Crippen LogP contribution in [0.2, 0.25) is 0 Å². The van der Waals surface area contributed by atoms with Crippen LogP contribution in [-0.4, -0.2) is 36.7 Å². The van der Waals surface area contributed by atoms with Crippen molar-refractivity contribution in [2.75, 3.05) is 19.7 Å². The molecule has 1 aliphatic rings. The minimum atomic E-state index is -0.0738. The van der Waals surface area contributed by atoms with Crippen molar-refractivity contribution in [1.29, 1.82) is 0 Å². The number of carbonyl (C=O) groups is 1. The van der Waals surface area contributed by atoms with Crippen molar-refractivity contribution in [3.63, 3.8) is 0 Å². The Morgan fingerprint density at radius 3 is 3.22 bits per heavy atom. The van der Waals surface area contributed by atoms with Crippen molar-refractivity contribution < 1.29 is 9.53 Å². The fourth-order valence-corrected chi connectivity index (χ4v) is 1.96. The van der Waals surface area contributed by atoms with Crippen LogP contribution < -0.4 is 10.6 Å². The highest BCUT2D eigenvalue weighted by Crippen LogP contribution is 2.09. The van der Waals surface area contributed by atoms with Crippen molar-refractivity contribution in [3.8, 4) is 0 Å². The van der Waals surface area contributed by atoms with Gasteiger partial charge < -0.3 is 15.4 Å². The van der Waals surface area contributed by atoms with Crippen molar-refractivity contribution in [2.24, 2.45) is 0 Å². The second-order valence-electron chi connectivity index (χ2n) is 4.44. The number of rotatable bonds is 4. The molecule has 1 unspecified atom stereocenters. The molecule has 1 aromatic rings. The Balaban J connectivity index is 1.80. The molecule has 2 atom stereocenters. The highest BCUT2D eigenvalue weighted by Gasteiger charge is 2.18. The molecule has 5 nitrogen and oxygen atoms in total. The zero-order valence-electron chi connectivity index (χ0n) is 10.6. The molecule has 1 aliphatic heterocycles. The topological polar surface area (TPSA) is 63.2 Å². The fourth-order valence-electron chi connectivity index (χ4n) is 1.96. The molecule has 0 saturated carbocycles. The summed E-state index contributed by atoms with van der Waals surface area (Å²) in [6, 6.07) is 5.61. The molecule has 2 rings (SSSR count). The average Bonchev–Trinajstić information content (AvgIpc) is 2.40. The van der Waals surface area contributed by atoms with Crippen LogP contribution in [0.25, 0.3) is 0 Å². The summed E-state index contributed by atoms with van der Waals surface area (Å²) in [7, 11) is 0. The normalized spacial score (nSPS) is 21.3. The summed E-state index contributed by atoms with van der Waals surface area (Å²) in [5, 5.41) is 6.14. The standard InChI is InChI=1S/C13H19N3O2/c1-10(12-4-2-3-5-15-12)16-13(17)8-11-9-14-6-7-18-11/h2-5,10-11,14H,6-9H2,1H3,(H,16,17)/t10-,11?/m1/s1. The number of carbonyl (C=O) groups excluding carboxylic acids is 1. The van der Waals surface area contributed by atoms with Crippen LogP contribution in [-0.2, 0) is 9.53 Å². The summed E-state index contributed by atoms with van der Waals surface area (Å²) in [6.45, 7) is 4.21. The molecule has 5 heteroatoms. The maximum atomic E-state index is 11.8. The van der Waals surface area contributed by atoms with E-state index < -0.39 is 0 Å². The minimum absolute atomic E-state index is 0.00172. The van der Waals surface area contributed by atoms with E-state index in [2.05, 4.69) is 15.6 Å². The van der Waals surface area contributed by atoms with Crippen LogP contribution in [0.4, 0.5) is 0 Å². The first-order valence-electron chi connectivity index (χ1n) is 6.28. The molecule has 98 valence electrons. The number of hydrogen-bond donors (Lipinski definition) is 2. The van der Waals surface area contributed by atoms with E-state index in [1.165, 1.54) is 0 Å². The number of aromatic nitrogens is 1. The van der Waals surface area contributed by atoms with Crippen LogP contribution >= 0.6 is 0 Å². The molecule has 1 amide bonds. The first-order chi connectivity index (χ1) is 8.75. The molecule has 18 heavy (non-hydrogen) atoms. The maximum absolute atomic E-state index is 11.8. The summed E-state index contributed by atoms with van der Waals surface area (Å²) < 4.78 is 5.50. The van der Waals surface area contributed by atoms with E-state index >= 15 is 0 Å². The Morgan fingerprint density at radius 1 is 1.67 bits per heavy atom. The Morgan fingerprint density at radius 2 is 2.56 bits per heavy atom. The second-order valence-corrected chi connectivity index (χ2v) is 4.44. The van der Waals surface area contributed by atoms with Crippen LogP contribution in [0, 0.1) is 0 Å². The predicted molar refractivity (Wildman–Crippen MR) is 68.0 cm³/mol. The summed E-state index contributed by atoms with van der Waals surface area (Å²) in [5.74, 6) is 0.00172.